The summed E-state index contributed by atoms with van der Waals surface area (Å²) in [6.07, 6.45) is 13.1. The lowest BCUT2D eigenvalue weighted by molar-refractivity contribution is 0.354. The van der Waals surface area contributed by atoms with E-state index in [0.717, 1.165) is 12.8 Å². The van der Waals surface area contributed by atoms with Crippen molar-refractivity contribution in [3.63, 3.8) is 0 Å². The molecule has 1 aliphatic rings. The summed E-state index contributed by atoms with van der Waals surface area (Å²) in [4.78, 5) is 0. The summed E-state index contributed by atoms with van der Waals surface area (Å²) in [6.45, 7) is 12.0. The molecule has 0 nitrogen and oxygen atoms in total. The molecule has 0 fully saturated rings. The van der Waals surface area contributed by atoms with E-state index < -0.39 is 0 Å². The minimum Gasteiger partial charge on any atom is -0.0887 e. The van der Waals surface area contributed by atoms with Crippen LogP contribution in [0.15, 0.2) is 34.4 Å². The molecule has 0 aromatic carbocycles. The van der Waals surface area contributed by atoms with Crippen molar-refractivity contribution >= 4 is 0 Å². The quantitative estimate of drug-likeness (QED) is 0.458. The van der Waals surface area contributed by atoms with Crippen molar-refractivity contribution in [1.82, 2.24) is 0 Å². The first-order chi connectivity index (χ1) is 9.86. The smallest absolute Gasteiger partial charge is 0.0273 e. The predicted octanol–water partition coefficient (Wildman–Crippen LogP) is 6.99. The second kappa shape index (κ2) is 7.86. The number of allylic oxidation sites excluding steroid dienone is 6. The van der Waals surface area contributed by atoms with Crippen molar-refractivity contribution in [1.29, 1.82) is 0 Å². The molecule has 0 aliphatic heterocycles. The molecule has 1 aliphatic carbocycles. The van der Waals surface area contributed by atoms with Crippen molar-refractivity contribution < 1.29 is 1.37 Å². The minimum absolute atomic E-state index is 0.413. The molecule has 0 aromatic heterocycles. The summed E-state index contributed by atoms with van der Waals surface area (Å²) in [5, 5.41) is 0. The Labute approximate surface area is 128 Å². The average molecular weight is 275 g/mol. The molecule has 0 heteroatoms. The largest absolute Gasteiger partial charge is 0.0887 e. The second-order valence-corrected chi connectivity index (χ2v) is 7.14. The van der Waals surface area contributed by atoms with E-state index in [-0.39, 0.29) is 0 Å². The Morgan fingerprint density at radius 3 is 2.65 bits per heavy atom. The van der Waals surface area contributed by atoms with Gasteiger partial charge in [0, 0.05) is 1.37 Å². The van der Waals surface area contributed by atoms with E-state index in [2.05, 4.69) is 40.7 Å². The standard InChI is InChI=1S/C20H34/c1-7-16(2)10-8-11-17(3)13-14-19-18(4)12-9-15-20(19,5)6/h7,11H,8-10,12-15H2,1-6H3/b16-7+,17-11+/i1D. The number of rotatable bonds is 6. The highest BCUT2D eigenvalue weighted by molar-refractivity contribution is 5.23. The van der Waals surface area contributed by atoms with Gasteiger partial charge < -0.3 is 0 Å². The highest BCUT2D eigenvalue weighted by atomic mass is 14.3. The highest BCUT2D eigenvalue weighted by Gasteiger charge is 2.27. The lowest BCUT2D eigenvalue weighted by Gasteiger charge is -2.35. The maximum Gasteiger partial charge on any atom is 0.0273 e. The van der Waals surface area contributed by atoms with Gasteiger partial charge in [0.15, 0.2) is 0 Å². The molecule has 0 radical (unpaired) electrons. The molecule has 114 valence electrons. The number of hydrogen-bond donors (Lipinski definition) is 0. The first-order valence-corrected chi connectivity index (χ1v) is 8.16. The van der Waals surface area contributed by atoms with E-state index in [4.69, 9.17) is 1.37 Å². The normalized spacial score (nSPS) is 21.1. The van der Waals surface area contributed by atoms with Crippen LogP contribution in [-0.2, 0) is 0 Å². The van der Waals surface area contributed by atoms with Gasteiger partial charge in [-0.15, -0.1) is 0 Å². The van der Waals surface area contributed by atoms with E-state index in [1.54, 1.807) is 11.1 Å². The molecule has 0 amide bonds. The molecular weight excluding hydrogens is 240 g/mol. The van der Waals surface area contributed by atoms with Crippen LogP contribution in [0.2, 0.25) is 0 Å². The van der Waals surface area contributed by atoms with Gasteiger partial charge in [0.05, 0.1) is 0 Å². The Morgan fingerprint density at radius 2 is 2.00 bits per heavy atom. The maximum atomic E-state index is 7.19. The SMILES string of the molecule is [2H]C/C=C(\C)CC/C=C(\C)CCC1=C(C)CCCC1(C)C. The monoisotopic (exact) mass is 275 g/mol. The molecule has 0 atom stereocenters. The molecule has 0 saturated carbocycles. The molecule has 0 unspecified atom stereocenters. The third kappa shape index (κ3) is 5.31. The van der Waals surface area contributed by atoms with Gasteiger partial charge in [-0.1, -0.05) is 48.3 Å². The van der Waals surface area contributed by atoms with Crippen LogP contribution in [0.4, 0.5) is 0 Å². The fourth-order valence-electron chi connectivity index (χ4n) is 3.30. The van der Waals surface area contributed by atoms with Crippen molar-refractivity contribution in [3.05, 3.63) is 34.4 Å². The molecule has 0 saturated heterocycles. The topological polar surface area (TPSA) is 0 Å². The third-order valence-electron chi connectivity index (χ3n) is 4.83. The Morgan fingerprint density at radius 1 is 1.25 bits per heavy atom. The van der Waals surface area contributed by atoms with Crippen LogP contribution in [0.25, 0.3) is 0 Å². The fourth-order valence-corrected chi connectivity index (χ4v) is 3.30. The molecule has 0 spiro atoms. The van der Waals surface area contributed by atoms with Gasteiger partial charge >= 0.3 is 0 Å². The zero-order chi connectivity index (χ0) is 15.9. The van der Waals surface area contributed by atoms with Crippen molar-refractivity contribution in [2.24, 2.45) is 5.41 Å². The summed E-state index contributed by atoms with van der Waals surface area (Å²) in [7, 11) is 0. The van der Waals surface area contributed by atoms with E-state index in [9.17, 15) is 0 Å². The zero-order valence-corrected chi connectivity index (χ0v) is 14.3. The van der Waals surface area contributed by atoms with Gasteiger partial charge in [0.1, 0.15) is 0 Å². The highest BCUT2D eigenvalue weighted by Crippen LogP contribution is 2.42. The van der Waals surface area contributed by atoms with Gasteiger partial charge in [-0.2, -0.15) is 0 Å². The first-order valence-electron chi connectivity index (χ1n) is 8.87. The summed E-state index contributed by atoms with van der Waals surface area (Å²) in [5.41, 5.74) is 6.65. The van der Waals surface area contributed by atoms with Crippen LogP contribution >= 0.6 is 0 Å². The second-order valence-electron chi connectivity index (χ2n) is 7.14. The van der Waals surface area contributed by atoms with Crippen molar-refractivity contribution in [3.8, 4) is 0 Å². The molecule has 0 bridgehead atoms. The molecule has 0 aromatic rings. The van der Waals surface area contributed by atoms with Gasteiger partial charge in [0.25, 0.3) is 0 Å². The zero-order valence-electron chi connectivity index (χ0n) is 15.3. The van der Waals surface area contributed by atoms with Gasteiger partial charge in [0.2, 0.25) is 0 Å². The minimum atomic E-state index is 0.413. The van der Waals surface area contributed by atoms with E-state index in [1.165, 1.54) is 43.3 Å². The first kappa shape index (κ1) is 15.6. The average Bonchev–Trinajstić information content (AvgIpc) is 2.37. The lowest BCUT2D eigenvalue weighted by atomic mass is 9.71. The van der Waals surface area contributed by atoms with Crippen LogP contribution in [0.1, 0.15) is 87.8 Å². The van der Waals surface area contributed by atoms with E-state index >= 15 is 0 Å². The number of hydrogen-bond acceptors (Lipinski definition) is 0. The van der Waals surface area contributed by atoms with Gasteiger partial charge in [-0.25, -0.2) is 0 Å². The Bertz CT molecular complexity index is 421. The summed E-state index contributed by atoms with van der Waals surface area (Å²) in [6, 6.07) is 0. The van der Waals surface area contributed by atoms with Crippen molar-refractivity contribution in [2.75, 3.05) is 0 Å². The molecule has 1 rings (SSSR count). The summed E-state index contributed by atoms with van der Waals surface area (Å²) in [5.74, 6) is 0. The Balaban J connectivity index is 2.48. The summed E-state index contributed by atoms with van der Waals surface area (Å²) < 4.78 is 7.19. The molecular formula is C20H34. The Hall–Kier alpha value is -0.780. The lowest BCUT2D eigenvalue weighted by Crippen LogP contribution is -2.20. The maximum absolute atomic E-state index is 7.19. The van der Waals surface area contributed by atoms with Crippen LogP contribution in [0.5, 0.6) is 0 Å². The van der Waals surface area contributed by atoms with Crippen molar-refractivity contribution in [2.45, 2.75) is 86.5 Å². The van der Waals surface area contributed by atoms with E-state index in [0.29, 0.717) is 12.3 Å². The van der Waals surface area contributed by atoms with E-state index in [1.807, 2.05) is 6.08 Å². The van der Waals surface area contributed by atoms with Crippen LogP contribution in [0, 0.1) is 5.41 Å². The predicted molar refractivity (Wildman–Crippen MR) is 92.0 cm³/mol. The van der Waals surface area contributed by atoms with Crippen LogP contribution < -0.4 is 0 Å². The van der Waals surface area contributed by atoms with Gasteiger partial charge in [-0.05, 0) is 78.0 Å². The fraction of sp³-hybridized carbons (Fsp3) is 0.700. The molecule has 0 heterocycles. The van der Waals surface area contributed by atoms with Crippen LogP contribution in [-0.4, -0.2) is 0 Å². The van der Waals surface area contributed by atoms with Crippen LogP contribution in [0.3, 0.4) is 0 Å². The molecule has 0 N–H and O–H groups in total. The Kier molecular flexibility index (Phi) is 6.13. The third-order valence-corrected chi connectivity index (χ3v) is 4.83. The molecule has 20 heavy (non-hydrogen) atoms. The van der Waals surface area contributed by atoms with Gasteiger partial charge in [-0.3, -0.25) is 0 Å². The summed E-state index contributed by atoms with van der Waals surface area (Å²) >= 11 is 0.